The third-order valence-corrected chi connectivity index (χ3v) is 4.60. The molecule has 1 atom stereocenters. The van der Waals surface area contributed by atoms with Gasteiger partial charge in [-0.1, -0.05) is 12.1 Å². The lowest BCUT2D eigenvalue weighted by molar-refractivity contribution is 0.355. The fourth-order valence-electron chi connectivity index (χ4n) is 3.30. The van der Waals surface area contributed by atoms with Crippen LogP contribution in [0.5, 0.6) is 0 Å². The van der Waals surface area contributed by atoms with Crippen LogP contribution in [0, 0.1) is 19.8 Å². The summed E-state index contributed by atoms with van der Waals surface area (Å²) >= 11 is 0. The fraction of sp³-hybridized carbons (Fsp3) is 0.529. The van der Waals surface area contributed by atoms with E-state index in [0.29, 0.717) is 29.8 Å². The second-order valence-corrected chi connectivity index (χ2v) is 6.68. The van der Waals surface area contributed by atoms with Gasteiger partial charge in [0.15, 0.2) is 5.69 Å². The Hall–Kier alpha value is -2.44. The van der Waals surface area contributed by atoms with Crippen LogP contribution in [-0.4, -0.2) is 25.1 Å². The third kappa shape index (κ3) is 2.74. The van der Waals surface area contributed by atoms with Crippen molar-refractivity contribution in [3.63, 3.8) is 0 Å². The molecule has 1 aliphatic carbocycles. The molecule has 0 bridgehead atoms. The Kier molecular flexibility index (Phi) is 3.70. The number of aromatic nitrogens is 5. The fourth-order valence-corrected chi connectivity index (χ4v) is 3.30. The second kappa shape index (κ2) is 5.89. The average Bonchev–Trinajstić information content (AvgIpc) is 3.23. The highest BCUT2D eigenvalue weighted by molar-refractivity contribution is 5.53. The first-order valence-corrected chi connectivity index (χ1v) is 8.41. The van der Waals surface area contributed by atoms with E-state index < -0.39 is 0 Å². The normalized spacial score (nSPS) is 17.2. The number of hydrogen-bond donors (Lipinski definition) is 0. The molecule has 0 amide bonds. The summed E-state index contributed by atoms with van der Waals surface area (Å²) in [6.07, 6.45) is 3.67. The maximum Gasteiger partial charge on any atom is 0.270 e. The van der Waals surface area contributed by atoms with Gasteiger partial charge in [-0.3, -0.25) is 4.68 Å². The molecule has 0 radical (unpaired) electrons. The van der Waals surface area contributed by atoms with E-state index in [1.807, 2.05) is 18.5 Å². The van der Waals surface area contributed by atoms with Crippen molar-refractivity contribution in [3.05, 3.63) is 34.7 Å². The molecule has 7 heteroatoms. The SMILES string of the molecule is Cc1cc(C)n(CCc2nnc(-c3noc4c3CC(C)CC4)o2)n1. The summed E-state index contributed by atoms with van der Waals surface area (Å²) < 4.78 is 13.2. The van der Waals surface area contributed by atoms with Crippen molar-refractivity contribution < 1.29 is 8.94 Å². The van der Waals surface area contributed by atoms with Gasteiger partial charge in [0.05, 0.1) is 5.69 Å². The van der Waals surface area contributed by atoms with Crippen molar-refractivity contribution in [2.75, 3.05) is 0 Å². The molecule has 7 nitrogen and oxygen atoms in total. The lowest BCUT2D eigenvalue weighted by Crippen LogP contribution is -2.09. The molecule has 0 N–H and O–H groups in total. The molecule has 4 rings (SSSR count). The molecule has 0 fully saturated rings. The van der Waals surface area contributed by atoms with Crippen LogP contribution in [0.15, 0.2) is 15.0 Å². The number of aryl methyl sites for hydroxylation is 5. The molecule has 3 heterocycles. The van der Waals surface area contributed by atoms with Crippen molar-refractivity contribution in [2.24, 2.45) is 5.92 Å². The molecular weight excluding hydrogens is 306 g/mol. The number of nitrogens with zero attached hydrogens (tertiary/aromatic N) is 5. The Morgan fingerprint density at radius 3 is 2.96 bits per heavy atom. The second-order valence-electron chi connectivity index (χ2n) is 6.68. The number of rotatable bonds is 4. The van der Waals surface area contributed by atoms with Gasteiger partial charge in [-0.2, -0.15) is 5.10 Å². The van der Waals surface area contributed by atoms with Crippen molar-refractivity contribution in [2.45, 2.75) is 53.0 Å². The Bertz CT molecular complexity index is 860. The van der Waals surface area contributed by atoms with E-state index in [1.165, 1.54) is 0 Å². The number of fused-ring (bicyclic) bond motifs is 1. The summed E-state index contributed by atoms with van der Waals surface area (Å²) in [5, 5.41) is 16.9. The summed E-state index contributed by atoms with van der Waals surface area (Å²) in [6, 6.07) is 2.06. The van der Waals surface area contributed by atoms with Gasteiger partial charge >= 0.3 is 0 Å². The predicted molar refractivity (Wildman–Crippen MR) is 86.4 cm³/mol. The first kappa shape index (κ1) is 15.1. The molecule has 1 aliphatic rings. The van der Waals surface area contributed by atoms with Crippen molar-refractivity contribution >= 4 is 0 Å². The maximum absolute atomic E-state index is 5.81. The lowest BCUT2D eigenvalue weighted by atomic mass is 9.88. The van der Waals surface area contributed by atoms with Crippen LogP contribution in [0.3, 0.4) is 0 Å². The highest BCUT2D eigenvalue weighted by Crippen LogP contribution is 2.32. The van der Waals surface area contributed by atoms with Crippen LogP contribution in [0.2, 0.25) is 0 Å². The molecule has 0 saturated carbocycles. The summed E-state index contributed by atoms with van der Waals surface area (Å²) in [7, 11) is 0. The largest absolute Gasteiger partial charge is 0.419 e. The molecule has 0 saturated heterocycles. The van der Waals surface area contributed by atoms with Gasteiger partial charge in [0.25, 0.3) is 5.89 Å². The molecule has 126 valence electrons. The predicted octanol–water partition coefficient (Wildman–Crippen LogP) is 2.91. The topological polar surface area (TPSA) is 82.8 Å². The molecule has 3 aromatic rings. The smallest absolute Gasteiger partial charge is 0.270 e. The van der Waals surface area contributed by atoms with Gasteiger partial charge in [-0.15, -0.1) is 10.2 Å². The molecule has 3 aromatic heterocycles. The quantitative estimate of drug-likeness (QED) is 0.732. The highest BCUT2D eigenvalue weighted by Gasteiger charge is 2.26. The van der Waals surface area contributed by atoms with Gasteiger partial charge in [-0.05, 0) is 38.7 Å². The van der Waals surface area contributed by atoms with E-state index in [2.05, 4.69) is 33.4 Å². The zero-order valence-electron chi connectivity index (χ0n) is 14.2. The Labute approximate surface area is 140 Å². The van der Waals surface area contributed by atoms with Crippen LogP contribution in [-0.2, 0) is 25.8 Å². The van der Waals surface area contributed by atoms with Gasteiger partial charge in [0.1, 0.15) is 5.76 Å². The van der Waals surface area contributed by atoms with E-state index in [9.17, 15) is 0 Å². The summed E-state index contributed by atoms with van der Waals surface area (Å²) in [6.45, 7) is 6.99. The van der Waals surface area contributed by atoms with Crippen molar-refractivity contribution in [3.8, 4) is 11.6 Å². The molecule has 1 unspecified atom stereocenters. The van der Waals surface area contributed by atoms with E-state index in [0.717, 1.165) is 48.5 Å². The van der Waals surface area contributed by atoms with Crippen LogP contribution >= 0.6 is 0 Å². The Morgan fingerprint density at radius 2 is 2.17 bits per heavy atom. The van der Waals surface area contributed by atoms with Crippen LogP contribution in [0.1, 0.15) is 41.9 Å². The summed E-state index contributed by atoms with van der Waals surface area (Å²) in [4.78, 5) is 0. The van der Waals surface area contributed by atoms with E-state index >= 15 is 0 Å². The summed E-state index contributed by atoms with van der Waals surface area (Å²) in [5.41, 5.74) is 3.98. The number of hydrogen-bond acceptors (Lipinski definition) is 6. The minimum Gasteiger partial charge on any atom is -0.419 e. The van der Waals surface area contributed by atoms with Gasteiger partial charge in [0, 0.05) is 30.6 Å². The molecule has 0 aromatic carbocycles. The van der Waals surface area contributed by atoms with E-state index in [1.54, 1.807) is 0 Å². The highest BCUT2D eigenvalue weighted by atomic mass is 16.5. The van der Waals surface area contributed by atoms with Crippen molar-refractivity contribution in [1.29, 1.82) is 0 Å². The van der Waals surface area contributed by atoms with Gasteiger partial charge in [0.2, 0.25) is 5.89 Å². The molecule has 0 aliphatic heterocycles. The molecule has 0 spiro atoms. The zero-order chi connectivity index (χ0) is 16.7. The average molecular weight is 327 g/mol. The van der Waals surface area contributed by atoms with E-state index in [-0.39, 0.29) is 0 Å². The minimum absolute atomic E-state index is 0.456. The molecule has 24 heavy (non-hydrogen) atoms. The third-order valence-electron chi connectivity index (χ3n) is 4.60. The standard InChI is InChI=1S/C17H21N5O2/c1-10-4-5-14-13(8-10)16(21-24-14)17-19-18-15(23-17)6-7-22-12(3)9-11(2)20-22/h9-10H,4-8H2,1-3H3. The zero-order valence-corrected chi connectivity index (χ0v) is 14.2. The maximum atomic E-state index is 5.81. The van der Waals surface area contributed by atoms with Crippen molar-refractivity contribution in [1.82, 2.24) is 25.1 Å². The van der Waals surface area contributed by atoms with Gasteiger partial charge < -0.3 is 8.94 Å². The lowest BCUT2D eigenvalue weighted by Gasteiger charge is -2.15. The Balaban J connectivity index is 1.51. The summed E-state index contributed by atoms with van der Waals surface area (Å²) in [5.74, 6) is 2.64. The van der Waals surface area contributed by atoms with Crippen LogP contribution in [0.4, 0.5) is 0 Å². The van der Waals surface area contributed by atoms with Crippen LogP contribution in [0.25, 0.3) is 11.6 Å². The first-order chi connectivity index (χ1) is 11.6. The molecular formula is C17H21N5O2. The minimum atomic E-state index is 0.456. The monoisotopic (exact) mass is 327 g/mol. The van der Waals surface area contributed by atoms with Crippen LogP contribution < -0.4 is 0 Å². The first-order valence-electron chi connectivity index (χ1n) is 8.41. The van der Waals surface area contributed by atoms with E-state index in [4.69, 9.17) is 8.94 Å². The Morgan fingerprint density at radius 1 is 1.29 bits per heavy atom. The van der Waals surface area contributed by atoms with Gasteiger partial charge in [-0.25, -0.2) is 0 Å².